The molecule has 0 aliphatic carbocycles. The minimum Gasteiger partial charge on any atom is -0.474 e. The number of carbonyl (C=O) groups is 1. The number of hydrogen-bond donors (Lipinski definition) is 1. The molecule has 0 atom stereocenters. The largest absolute Gasteiger partial charge is 0.501 e. The Bertz CT molecular complexity index is 354. The van der Waals surface area contributed by atoms with E-state index in [0.29, 0.717) is 0 Å². The fourth-order valence-corrected chi connectivity index (χ4v) is 0.759. The first kappa shape index (κ1) is 10.4. The molecule has 0 amide bonds. The number of rotatable bonds is 3. The lowest BCUT2D eigenvalue weighted by Gasteiger charge is -2.13. The maximum atomic E-state index is 12.6. The van der Waals surface area contributed by atoms with Crippen LogP contribution in [0.5, 0.6) is 5.75 Å². The second kappa shape index (κ2) is 3.57. The standard InChI is InChI=1S/C8H7F2NO3/c1-5-6(3-2-4-11-5)14-8(9,10)7(12)13/h2-4H,1H3,(H,12,13). The van der Waals surface area contributed by atoms with Crippen LogP contribution in [0.4, 0.5) is 8.78 Å². The molecule has 0 bridgehead atoms. The van der Waals surface area contributed by atoms with Gasteiger partial charge in [0.05, 0.1) is 5.69 Å². The average Bonchev–Trinajstić information content (AvgIpc) is 2.08. The molecule has 14 heavy (non-hydrogen) atoms. The molecule has 76 valence electrons. The van der Waals surface area contributed by atoms with Crippen LogP contribution in [0.15, 0.2) is 18.3 Å². The van der Waals surface area contributed by atoms with E-state index in [9.17, 15) is 13.6 Å². The number of aryl methyl sites for hydroxylation is 1. The molecule has 0 aliphatic rings. The fourth-order valence-electron chi connectivity index (χ4n) is 0.759. The summed E-state index contributed by atoms with van der Waals surface area (Å²) in [6.07, 6.45) is -2.84. The molecule has 0 unspecified atom stereocenters. The molecular weight excluding hydrogens is 196 g/mol. The Morgan fingerprint density at radius 2 is 2.29 bits per heavy atom. The van der Waals surface area contributed by atoms with Gasteiger partial charge in [0, 0.05) is 6.20 Å². The lowest BCUT2D eigenvalue weighted by molar-refractivity contribution is -0.211. The van der Waals surface area contributed by atoms with Gasteiger partial charge in [0.25, 0.3) is 0 Å². The second-order valence-electron chi connectivity index (χ2n) is 2.51. The molecule has 0 aromatic carbocycles. The number of alkyl halides is 2. The Kier molecular flexibility index (Phi) is 2.64. The Hall–Kier alpha value is -1.72. The molecule has 4 nitrogen and oxygen atoms in total. The quantitative estimate of drug-likeness (QED) is 0.807. The van der Waals surface area contributed by atoms with Crippen LogP contribution in [-0.2, 0) is 4.79 Å². The minimum atomic E-state index is -4.23. The highest BCUT2D eigenvalue weighted by Crippen LogP contribution is 2.23. The van der Waals surface area contributed by atoms with E-state index in [1.54, 1.807) is 0 Å². The first-order chi connectivity index (χ1) is 6.43. The Labute approximate surface area is 78.1 Å². The number of ether oxygens (including phenoxy) is 1. The van der Waals surface area contributed by atoms with Crippen molar-refractivity contribution < 1.29 is 23.4 Å². The van der Waals surface area contributed by atoms with Gasteiger partial charge in [-0.25, -0.2) is 4.79 Å². The van der Waals surface area contributed by atoms with E-state index in [2.05, 4.69) is 9.72 Å². The van der Waals surface area contributed by atoms with Crippen molar-refractivity contribution in [3.8, 4) is 5.75 Å². The van der Waals surface area contributed by atoms with Crippen molar-refractivity contribution in [2.24, 2.45) is 0 Å². The zero-order chi connectivity index (χ0) is 10.8. The Morgan fingerprint density at radius 3 is 2.79 bits per heavy atom. The van der Waals surface area contributed by atoms with E-state index in [1.165, 1.54) is 25.3 Å². The summed E-state index contributed by atoms with van der Waals surface area (Å²) >= 11 is 0. The van der Waals surface area contributed by atoms with Crippen molar-refractivity contribution >= 4 is 5.97 Å². The lowest BCUT2D eigenvalue weighted by atomic mass is 10.3. The highest BCUT2D eigenvalue weighted by Gasteiger charge is 2.42. The summed E-state index contributed by atoms with van der Waals surface area (Å²) in [5.74, 6) is -2.58. The number of aliphatic carboxylic acids is 1. The number of carboxylic acids is 1. The maximum Gasteiger partial charge on any atom is 0.501 e. The monoisotopic (exact) mass is 203 g/mol. The number of aromatic nitrogens is 1. The van der Waals surface area contributed by atoms with Gasteiger partial charge in [0.15, 0.2) is 0 Å². The van der Waals surface area contributed by atoms with E-state index >= 15 is 0 Å². The molecule has 0 saturated heterocycles. The molecule has 0 radical (unpaired) electrons. The van der Waals surface area contributed by atoms with Crippen LogP contribution < -0.4 is 4.74 Å². The molecule has 0 spiro atoms. The van der Waals surface area contributed by atoms with E-state index < -0.39 is 12.1 Å². The predicted molar refractivity (Wildman–Crippen MR) is 42.2 cm³/mol. The van der Waals surface area contributed by atoms with Crippen LogP contribution in [-0.4, -0.2) is 22.2 Å². The van der Waals surface area contributed by atoms with Gasteiger partial charge in [-0.2, -0.15) is 8.78 Å². The van der Waals surface area contributed by atoms with Gasteiger partial charge in [-0.3, -0.25) is 4.98 Å². The number of halogens is 2. The van der Waals surface area contributed by atoms with Crippen LogP contribution >= 0.6 is 0 Å². The zero-order valence-electron chi connectivity index (χ0n) is 7.20. The molecule has 0 aliphatic heterocycles. The van der Waals surface area contributed by atoms with Gasteiger partial charge >= 0.3 is 12.1 Å². The van der Waals surface area contributed by atoms with Crippen LogP contribution in [0.2, 0.25) is 0 Å². The van der Waals surface area contributed by atoms with E-state index in [4.69, 9.17) is 5.11 Å². The minimum absolute atomic E-state index is 0.202. The lowest BCUT2D eigenvalue weighted by Crippen LogP contribution is -2.35. The second-order valence-corrected chi connectivity index (χ2v) is 2.51. The number of carboxylic acid groups (broad SMARTS) is 1. The van der Waals surface area contributed by atoms with E-state index in [1.807, 2.05) is 0 Å². The summed E-state index contributed by atoms with van der Waals surface area (Å²) in [5, 5.41) is 8.10. The highest BCUT2D eigenvalue weighted by molar-refractivity contribution is 5.73. The van der Waals surface area contributed by atoms with Crippen LogP contribution in [0.1, 0.15) is 5.69 Å². The molecule has 1 heterocycles. The maximum absolute atomic E-state index is 12.6. The normalized spacial score (nSPS) is 11.1. The van der Waals surface area contributed by atoms with Crippen molar-refractivity contribution in [3.63, 3.8) is 0 Å². The molecule has 1 aromatic rings. The molecule has 6 heteroatoms. The predicted octanol–water partition coefficient (Wildman–Crippen LogP) is 1.45. The van der Waals surface area contributed by atoms with E-state index in [0.717, 1.165) is 0 Å². The SMILES string of the molecule is Cc1ncccc1OC(F)(F)C(=O)O. The Balaban J connectivity index is 2.89. The van der Waals surface area contributed by atoms with Crippen LogP contribution in [0.3, 0.4) is 0 Å². The van der Waals surface area contributed by atoms with Gasteiger partial charge in [0.1, 0.15) is 5.75 Å². The first-order valence-electron chi connectivity index (χ1n) is 3.65. The van der Waals surface area contributed by atoms with E-state index in [-0.39, 0.29) is 11.4 Å². The van der Waals surface area contributed by atoms with Crippen LogP contribution in [0.25, 0.3) is 0 Å². The third-order valence-corrected chi connectivity index (χ3v) is 1.45. The fraction of sp³-hybridized carbons (Fsp3) is 0.250. The van der Waals surface area contributed by atoms with Gasteiger partial charge in [-0.1, -0.05) is 0 Å². The average molecular weight is 203 g/mol. The molecule has 1 rings (SSSR count). The Morgan fingerprint density at radius 1 is 1.64 bits per heavy atom. The van der Waals surface area contributed by atoms with Crippen molar-refractivity contribution in [2.45, 2.75) is 13.0 Å². The molecule has 1 N–H and O–H groups in total. The number of nitrogens with zero attached hydrogens (tertiary/aromatic N) is 1. The van der Waals surface area contributed by atoms with Gasteiger partial charge < -0.3 is 9.84 Å². The van der Waals surface area contributed by atoms with Gasteiger partial charge in [0.2, 0.25) is 0 Å². The summed E-state index contributed by atoms with van der Waals surface area (Å²) in [5.41, 5.74) is 0.202. The van der Waals surface area contributed by atoms with Crippen LogP contribution in [0, 0.1) is 6.92 Å². The van der Waals surface area contributed by atoms with Crippen molar-refractivity contribution in [1.82, 2.24) is 4.98 Å². The number of hydrogen-bond acceptors (Lipinski definition) is 3. The molecule has 0 saturated carbocycles. The van der Waals surface area contributed by atoms with Crippen molar-refractivity contribution in [1.29, 1.82) is 0 Å². The highest BCUT2D eigenvalue weighted by atomic mass is 19.3. The molecule has 1 aromatic heterocycles. The third kappa shape index (κ3) is 2.15. The zero-order valence-corrected chi connectivity index (χ0v) is 7.20. The summed E-state index contributed by atoms with van der Waals surface area (Å²) in [6.45, 7) is 1.44. The summed E-state index contributed by atoms with van der Waals surface area (Å²) in [6, 6.07) is 2.60. The molecular formula is C8H7F2NO3. The van der Waals surface area contributed by atoms with Crippen molar-refractivity contribution in [2.75, 3.05) is 0 Å². The number of pyridine rings is 1. The van der Waals surface area contributed by atoms with Gasteiger partial charge in [-0.15, -0.1) is 0 Å². The topological polar surface area (TPSA) is 59.4 Å². The third-order valence-electron chi connectivity index (χ3n) is 1.45. The first-order valence-corrected chi connectivity index (χ1v) is 3.65. The van der Waals surface area contributed by atoms with Gasteiger partial charge in [-0.05, 0) is 19.1 Å². The molecule has 0 fully saturated rings. The summed E-state index contributed by atoms with van der Waals surface area (Å²) in [4.78, 5) is 13.7. The summed E-state index contributed by atoms with van der Waals surface area (Å²) in [7, 11) is 0. The summed E-state index contributed by atoms with van der Waals surface area (Å²) < 4.78 is 29.1. The smallest absolute Gasteiger partial charge is 0.474 e. The van der Waals surface area contributed by atoms with Crippen molar-refractivity contribution in [3.05, 3.63) is 24.0 Å².